The van der Waals surface area contributed by atoms with Crippen molar-refractivity contribution in [1.82, 2.24) is 0 Å². The van der Waals surface area contributed by atoms with Crippen LogP contribution in [0.5, 0.6) is 0 Å². The SMILES string of the molecule is CCN(CC(=O)O)c1ccc(C=O)cc1. The van der Waals surface area contributed by atoms with Crippen LogP contribution in [0.4, 0.5) is 5.69 Å². The van der Waals surface area contributed by atoms with E-state index in [-0.39, 0.29) is 6.54 Å². The fourth-order valence-electron chi connectivity index (χ4n) is 1.31. The second kappa shape index (κ2) is 5.14. The van der Waals surface area contributed by atoms with Crippen LogP contribution in [0.25, 0.3) is 0 Å². The van der Waals surface area contributed by atoms with Crippen LogP contribution in [-0.2, 0) is 4.79 Å². The van der Waals surface area contributed by atoms with Crippen molar-refractivity contribution >= 4 is 17.9 Å². The maximum absolute atomic E-state index is 10.6. The fraction of sp³-hybridized carbons (Fsp3) is 0.273. The molecule has 1 aromatic carbocycles. The van der Waals surface area contributed by atoms with Crippen LogP contribution in [0, 0.1) is 0 Å². The lowest BCUT2D eigenvalue weighted by atomic mass is 10.2. The first-order chi connectivity index (χ1) is 7.17. The molecule has 0 amide bonds. The highest BCUT2D eigenvalue weighted by atomic mass is 16.4. The summed E-state index contributed by atoms with van der Waals surface area (Å²) in [6, 6.07) is 6.84. The maximum Gasteiger partial charge on any atom is 0.323 e. The lowest BCUT2D eigenvalue weighted by molar-refractivity contribution is -0.135. The van der Waals surface area contributed by atoms with Crippen molar-refractivity contribution in [3.05, 3.63) is 29.8 Å². The van der Waals surface area contributed by atoms with E-state index in [1.165, 1.54) is 0 Å². The second-order valence-corrected chi connectivity index (χ2v) is 3.12. The van der Waals surface area contributed by atoms with Crippen molar-refractivity contribution in [2.75, 3.05) is 18.0 Å². The molecule has 0 saturated heterocycles. The van der Waals surface area contributed by atoms with Gasteiger partial charge in [-0.05, 0) is 31.2 Å². The Bertz CT molecular complexity index is 345. The summed E-state index contributed by atoms with van der Waals surface area (Å²) in [7, 11) is 0. The van der Waals surface area contributed by atoms with Crippen LogP contribution in [0.15, 0.2) is 24.3 Å². The molecule has 4 nitrogen and oxygen atoms in total. The number of likely N-dealkylation sites (N-methyl/N-ethyl adjacent to an activating group) is 1. The monoisotopic (exact) mass is 207 g/mol. The number of anilines is 1. The van der Waals surface area contributed by atoms with Gasteiger partial charge in [0.15, 0.2) is 0 Å². The number of hydrogen-bond donors (Lipinski definition) is 1. The van der Waals surface area contributed by atoms with Gasteiger partial charge >= 0.3 is 5.97 Å². The Labute approximate surface area is 88.1 Å². The molecule has 1 aromatic rings. The molecule has 0 bridgehead atoms. The summed E-state index contributed by atoms with van der Waals surface area (Å²) in [5.41, 5.74) is 1.40. The molecule has 0 unspecified atom stereocenters. The number of carbonyl (C=O) groups is 2. The number of nitrogens with zero attached hydrogens (tertiary/aromatic N) is 1. The zero-order valence-corrected chi connectivity index (χ0v) is 8.51. The average Bonchev–Trinajstić information content (AvgIpc) is 2.26. The highest BCUT2D eigenvalue weighted by Crippen LogP contribution is 2.13. The van der Waals surface area contributed by atoms with Gasteiger partial charge in [0.1, 0.15) is 12.8 Å². The molecular formula is C11H13NO3. The maximum atomic E-state index is 10.6. The molecule has 0 heterocycles. The molecule has 0 aromatic heterocycles. The molecule has 80 valence electrons. The summed E-state index contributed by atoms with van der Waals surface area (Å²) in [5.74, 6) is -0.865. The predicted octanol–water partition coefficient (Wildman–Crippen LogP) is 1.41. The third-order valence-electron chi connectivity index (χ3n) is 2.10. The summed E-state index contributed by atoms with van der Waals surface area (Å²) in [6.45, 7) is 2.47. The number of carbonyl (C=O) groups excluding carboxylic acids is 1. The predicted molar refractivity (Wildman–Crippen MR) is 57.4 cm³/mol. The van der Waals surface area contributed by atoms with Crippen LogP contribution < -0.4 is 4.90 Å². The Hall–Kier alpha value is -1.84. The summed E-state index contributed by atoms with van der Waals surface area (Å²) < 4.78 is 0. The molecule has 0 saturated carbocycles. The third kappa shape index (κ3) is 3.09. The summed E-state index contributed by atoms with van der Waals surface area (Å²) in [6.07, 6.45) is 0.761. The van der Waals surface area contributed by atoms with Crippen LogP contribution >= 0.6 is 0 Å². The molecule has 0 aliphatic heterocycles. The summed E-state index contributed by atoms with van der Waals surface area (Å²) in [4.78, 5) is 22.7. The van der Waals surface area contributed by atoms with Gasteiger partial charge in [0.05, 0.1) is 0 Å². The summed E-state index contributed by atoms with van der Waals surface area (Å²) in [5, 5.41) is 8.68. The van der Waals surface area contributed by atoms with Crippen LogP contribution in [0.2, 0.25) is 0 Å². The van der Waals surface area contributed by atoms with Crippen molar-refractivity contribution in [3.63, 3.8) is 0 Å². The number of aliphatic carboxylic acids is 1. The van der Waals surface area contributed by atoms with E-state index in [9.17, 15) is 9.59 Å². The normalized spacial score (nSPS) is 9.67. The molecule has 0 fully saturated rings. The van der Waals surface area contributed by atoms with E-state index in [0.717, 1.165) is 12.0 Å². The van der Waals surface area contributed by atoms with E-state index in [1.807, 2.05) is 6.92 Å². The van der Waals surface area contributed by atoms with Crippen molar-refractivity contribution in [2.24, 2.45) is 0 Å². The highest BCUT2D eigenvalue weighted by Gasteiger charge is 2.07. The number of benzene rings is 1. The minimum atomic E-state index is -0.865. The molecule has 4 heteroatoms. The second-order valence-electron chi connectivity index (χ2n) is 3.12. The van der Waals surface area contributed by atoms with E-state index < -0.39 is 5.97 Å². The molecule has 1 rings (SSSR count). The van der Waals surface area contributed by atoms with Gasteiger partial charge in [-0.25, -0.2) is 0 Å². The Balaban J connectivity index is 2.82. The zero-order valence-electron chi connectivity index (χ0n) is 8.51. The minimum absolute atomic E-state index is 0.0308. The Kier molecular flexibility index (Phi) is 3.85. The molecule has 15 heavy (non-hydrogen) atoms. The number of aldehydes is 1. The first kappa shape index (κ1) is 11.2. The Morgan fingerprint density at radius 1 is 1.40 bits per heavy atom. The van der Waals surface area contributed by atoms with Crippen molar-refractivity contribution in [1.29, 1.82) is 0 Å². The average molecular weight is 207 g/mol. The van der Waals surface area contributed by atoms with Gasteiger partial charge in [-0.15, -0.1) is 0 Å². The first-order valence-electron chi connectivity index (χ1n) is 4.69. The zero-order chi connectivity index (χ0) is 11.3. The molecule has 0 spiro atoms. The van der Waals surface area contributed by atoms with Crippen LogP contribution in [-0.4, -0.2) is 30.5 Å². The molecule has 0 aliphatic carbocycles. The van der Waals surface area contributed by atoms with Crippen molar-refractivity contribution < 1.29 is 14.7 Å². The van der Waals surface area contributed by atoms with Crippen LogP contribution in [0.1, 0.15) is 17.3 Å². The lowest BCUT2D eigenvalue weighted by Crippen LogP contribution is -2.29. The molecule has 1 N–H and O–H groups in total. The minimum Gasteiger partial charge on any atom is -0.480 e. The lowest BCUT2D eigenvalue weighted by Gasteiger charge is -2.20. The molecule has 0 radical (unpaired) electrons. The smallest absolute Gasteiger partial charge is 0.323 e. The van der Waals surface area contributed by atoms with Gasteiger partial charge in [-0.2, -0.15) is 0 Å². The van der Waals surface area contributed by atoms with E-state index in [2.05, 4.69) is 0 Å². The van der Waals surface area contributed by atoms with E-state index in [0.29, 0.717) is 12.1 Å². The van der Waals surface area contributed by atoms with E-state index >= 15 is 0 Å². The van der Waals surface area contributed by atoms with Gasteiger partial charge in [-0.3, -0.25) is 9.59 Å². The Morgan fingerprint density at radius 2 is 2.00 bits per heavy atom. The van der Waals surface area contributed by atoms with Gasteiger partial charge in [-0.1, -0.05) is 0 Å². The highest BCUT2D eigenvalue weighted by molar-refractivity contribution is 5.77. The molecule has 0 atom stereocenters. The standard InChI is InChI=1S/C11H13NO3/c1-2-12(7-11(14)15)10-5-3-9(8-13)4-6-10/h3-6,8H,2,7H2,1H3,(H,14,15). The van der Waals surface area contributed by atoms with Gasteiger partial charge in [0.2, 0.25) is 0 Å². The van der Waals surface area contributed by atoms with E-state index in [1.54, 1.807) is 29.2 Å². The van der Waals surface area contributed by atoms with Gasteiger partial charge < -0.3 is 10.0 Å². The van der Waals surface area contributed by atoms with Crippen molar-refractivity contribution in [3.8, 4) is 0 Å². The van der Waals surface area contributed by atoms with Crippen LogP contribution in [0.3, 0.4) is 0 Å². The number of carboxylic acid groups (broad SMARTS) is 1. The quantitative estimate of drug-likeness (QED) is 0.742. The fourth-order valence-corrected chi connectivity index (χ4v) is 1.31. The van der Waals surface area contributed by atoms with Crippen molar-refractivity contribution in [2.45, 2.75) is 6.92 Å². The number of hydrogen-bond acceptors (Lipinski definition) is 3. The topological polar surface area (TPSA) is 57.6 Å². The largest absolute Gasteiger partial charge is 0.480 e. The third-order valence-corrected chi connectivity index (χ3v) is 2.10. The van der Waals surface area contributed by atoms with E-state index in [4.69, 9.17) is 5.11 Å². The Morgan fingerprint density at radius 3 is 2.40 bits per heavy atom. The number of carboxylic acids is 1. The first-order valence-corrected chi connectivity index (χ1v) is 4.69. The summed E-state index contributed by atoms with van der Waals surface area (Å²) >= 11 is 0. The van der Waals surface area contributed by atoms with Gasteiger partial charge in [0, 0.05) is 17.8 Å². The molecule has 0 aliphatic rings. The molecular weight excluding hydrogens is 194 g/mol. The van der Waals surface area contributed by atoms with Gasteiger partial charge in [0.25, 0.3) is 0 Å². The number of rotatable bonds is 5.